The smallest absolute Gasteiger partial charge is 0.335 e. The number of carboxylic acid groups (broad SMARTS) is 1. The molecule has 17 nitrogen and oxygen atoms in total. The highest BCUT2D eigenvalue weighted by Gasteiger charge is 2.39. The molecule has 1 fully saturated rings. The van der Waals surface area contributed by atoms with Crippen LogP contribution in [0.5, 0.6) is 11.5 Å². The van der Waals surface area contributed by atoms with E-state index in [1.54, 1.807) is 12.1 Å². The summed E-state index contributed by atoms with van der Waals surface area (Å²) in [6, 6.07) is 8.76. The van der Waals surface area contributed by atoms with E-state index in [0.29, 0.717) is 42.6 Å². The lowest BCUT2D eigenvalue weighted by atomic mass is 9.74. The molecular formula is C37H39N3O14P-. The Morgan fingerprint density at radius 1 is 1.07 bits per heavy atom. The van der Waals surface area contributed by atoms with E-state index >= 15 is 0 Å². The number of nitrogens with zero attached hydrogens (tertiary/aromatic N) is 1. The van der Waals surface area contributed by atoms with Gasteiger partial charge in [-0.15, -0.1) is 0 Å². The van der Waals surface area contributed by atoms with Gasteiger partial charge in [0.1, 0.15) is 29.6 Å². The summed E-state index contributed by atoms with van der Waals surface area (Å²) in [7, 11) is -4.74. The number of ketones is 1. The second-order valence-electron chi connectivity index (χ2n) is 13.4. The van der Waals surface area contributed by atoms with Crippen molar-refractivity contribution in [3.05, 3.63) is 115 Å². The number of carbonyl (C=O) groups is 3. The standard InChI is InChI=1S/C37H40N3O14P/c1-20-18-40(37(48)39-34(20)44)32-17-28(43)31(54-32)19-52-55(49,50)51-13-5-3-2-4-12-38-35(45)21-6-9-24(36(46)47)27(14-21)33-25-10-7-22(41)15-29(25)53-30-16-23(42)8-11-26(30)33/h6-11,14-16,18,25,28,31-33,42-43H,2-5,12-13,17,19H2,1H3,(H,38,45)(H,46,47)(H,49,50)(H,39,44,48)/p-1/t25?,28-,31-,32-,33?/m1/s1. The Kier molecular flexibility index (Phi) is 12.0. The van der Waals surface area contributed by atoms with Crippen molar-refractivity contribution in [2.45, 2.75) is 63.4 Å². The lowest BCUT2D eigenvalue weighted by molar-refractivity contribution is -0.228. The van der Waals surface area contributed by atoms with Gasteiger partial charge in [0.25, 0.3) is 19.3 Å². The van der Waals surface area contributed by atoms with Crippen molar-refractivity contribution in [2.24, 2.45) is 5.92 Å². The maximum atomic E-state index is 13.2. The number of aromatic nitrogens is 2. The van der Waals surface area contributed by atoms with Gasteiger partial charge in [0.15, 0.2) is 5.78 Å². The van der Waals surface area contributed by atoms with E-state index in [4.69, 9.17) is 18.5 Å². The van der Waals surface area contributed by atoms with E-state index in [1.165, 1.54) is 55.6 Å². The Labute approximate surface area is 313 Å². The van der Waals surface area contributed by atoms with E-state index in [9.17, 15) is 48.8 Å². The number of hydrogen-bond acceptors (Lipinski definition) is 13. The van der Waals surface area contributed by atoms with Gasteiger partial charge in [0.05, 0.1) is 24.9 Å². The van der Waals surface area contributed by atoms with E-state index in [-0.39, 0.29) is 53.5 Å². The molecule has 1 amide bonds. The first-order chi connectivity index (χ1) is 26.2. The number of aryl methyl sites for hydroxylation is 1. The molecule has 3 aliphatic rings. The zero-order valence-electron chi connectivity index (χ0n) is 29.5. The number of carboxylic acids is 1. The molecule has 6 rings (SSSR count). The number of phenolic OH excluding ortho intramolecular Hbond substituents is 1. The number of unbranched alkanes of at least 4 members (excludes halogenated alkanes) is 3. The van der Waals surface area contributed by atoms with Crippen LogP contribution in [0, 0.1) is 12.8 Å². The first-order valence-electron chi connectivity index (χ1n) is 17.6. The number of phenols is 1. The van der Waals surface area contributed by atoms with Crippen molar-refractivity contribution >= 4 is 25.5 Å². The summed E-state index contributed by atoms with van der Waals surface area (Å²) in [4.78, 5) is 75.9. The van der Waals surface area contributed by atoms with Gasteiger partial charge in [-0.1, -0.05) is 25.0 Å². The summed E-state index contributed by atoms with van der Waals surface area (Å²) in [6.07, 6.45) is 4.59. The number of aliphatic hydroxyl groups excluding tert-OH is 1. The Bertz CT molecular complexity index is 2210. The number of phosphoric ester groups is 1. The molecule has 3 unspecified atom stereocenters. The molecule has 0 saturated carbocycles. The quantitative estimate of drug-likeness (QED) is 0.110. The zero-order valence-corrected chi connectivity index (χ0v) is 30.4. The number of amides is 1. The number of hydrogen-bond donors (Lipinski definition) is 5. The van der Waals surface area contributed by atoms with Gasteiger partial charge in [-0.05, 0) is 55.7 Å². The average Bonchev–Trinajstić information content (AvgIpc) is 3.51. The first kappa shape index (κ1) is 39.5. The summed E-state index contributed by atoms with van der Waals surface area (Å²) < 4.78 is 34.8. The number of carbonyl (C=O) groups excluding carboxylic acids is 2. The topological polar surface area (TPSA) is 256 Å². The van der Waals surface area contributed by atoms with Gasteiger partial charge in [-0.25, -0.2) is 9.59 Å². The Morgan fingerprint density at radius 2 is 1.85 bits per heavy atom. The number of aromatic amines is 1. The van der Waals surface area contributed by atoms with Crippen LogP contribution >= 0.6 is 7.82 Å². The third kappa shape index (κ3) is 9.21. The SMILES string of the molecule is Cc1cn([C@H]2C[C@@H](O)[C@@H](COP(=O)([O-])OCCCCCCNC(=O)c3ccc(C(=O)O)c(C4c5ccc(O)cc5OC5=CC(=O)C=CC54)c3)O2)c(=O)[nH]c1=O. The molecule has 5 N–H and O–H groups in total. The minimum Gasteiger partial charge on any atom is -0.756 e. The van der Waals surface area contributed by atoms with Gasteiger partial charge in [0, 0.05) is 59.8 Å². The molecular weight excluding hydrogens is 741 g/mol. The number of allylic oxidation sites excluding steroid dienone is 3. The summed E-state index contributed by atoms with van der Waals surface area (Å²) in [5, 5.41) is 33.3. The van der Waals surface area contributed by atoms with E-state index < -0.39 is 67.8 Å². The number of ether oxygens (including phenoxy) is 2. The van der Waals surface area contributed by atoms with Crippen LogP contribution in [-0.2, 0) is 23.1 Å². The lowest BCUT2D eigenvalue weighted by Gasteiger charge is -2.35. The molecule has 1 aliphatic carbocycles. The van der Waals surface area contributed by atoms with E-state index in [2.05, 4.69) is 10.3 Å². The van der Waals surface area contributed by atoms with Gasteiger partial charge >= 0.3 is 11.7 Å². The molecule has 2 aromatic carbocycles. The van der Waals surface area contributed by atoms with Crippen molar-refractivity contribution < 1.29 is 57.7 Å². The highest BCUT2D eigenvalue weighted by atomic mass is 31.2. The maximum absolute atomic E-state index is 13.2. The minimum absolute atomic E-state index is 0.0269. The fraction of sp³-hybridized carbons (Fsp3) is 0.378. The lowest BCUT2D eigenvalue weighted by Crippen LogP contribution is -2.33. The van der Waals surface area contributed by atoms with Crippen molar-refractivity contribution in [3.8, 4) is 11.5 Å². The summed E-state index contributed by atoms with van der Waals surface area (Å²) in [5.41, 5.74) is 0.0813. The Balaban J connectivity index is 0.960. The number of aliphatic hydroxyl groups is 1. The third-order valence-corrected chi connectivity index (χ3v) is 10.5. The average molecular weight is 781 g/mol. The molecule has 3 aromatic rings. The van der Waals surface area contributed by atoms with E-state index in [1.807, 2.05) is 0 Å². The van der Waals surface area contributed by atoms with Crippen LogP contribution in [0.2, 0.25) is 0 Å². The van der Waals surface area contributed by atoms with E-state index in [0.717, 1.165) is 4.57 Å². The second kappa shape index (κ2) is 16.7. The van der Waals surface area contributed by atoms with Crippen molar-refractivity contribution in [1.82, 2.24) is 14.9 Å². The number of nitrogens with one attached hydrogen (secondary N) is 2. The highest BCUT2D eigenvalue weighted by Crippen LogP contribution is 2.49. The molecule has 0 spiro atoms. The maximum Gasteiger partial charge on any atom is 0.335 e. The Morgan fingerprint density at radius 3 is 2.64 bits per heavy atom. The second-order valence-corrected chi connectivity index (χ2v) is 14.8. The predicted octanol–water partition coefficient (Wildman–Crippen LogP) is 2.55. The molecule has 1 saturated heterocycles. The number of rotatable bonds is 15. The van der Waals surface area contributed by atoms with Crippen LogP contribution in [0.15, 0.2) is 76.2 Å². The number of H-pyrrole nitrogens is 1. The summed E-state index contributed by atoms with van der Waals surface area (Å²) in [5.74, 6) is -2.62. The van der Waals surface area contributed by atoms with Crippen LogP contribution in [-0.4, -0.2) is 74.5 Å². The third-order valence-electron chi connectivity index (χ3n) is 9.54. The number of aromatic hydroxyl groups is 1. The van der Waals surface area contributed by atoms with Crippen molar-refractivity contribution in [2.75, 3.05) is 19.8 Å². The summed E-state index contributed by atoms with van der Waals surface area (Å²) >= 11 is 0. The molecule has 0 radical (unpaired) electrons. The van der Waals surface area contributed by atoms with Crippen LogP contribution in [0.4, 0.5) is 0 Å². The molecule has 18 heteroatoms. The van der Waals surface area contributed by atoms with Crippen molar-refractivity contribution in [3.63, 3.8) is 0 Å². The number of aromatic carboxylic acids is 1. The fourth-order valence-electron chi connectivity index (χ4n) is 6.76. The Hall–Kier alpha value is -5.16. The highest BCUT2D eigenvalue weighted by molar-refractivity contribution is 7.45. The van der Waals surface area contributed by atoms with Gasteiger partial charge in [-0.2, -0.15) is 0 Å². The monoisotopic (exact) mass is 780 g/mol. The van der Waals surface area contributed by atoms with Crippen LogP contribution in [0.25, 0.3) is 0 Å². The van der Waals surface area contributed by atoms with Gasteiger partial charge in [0.2, 0.25) is 0 Å². The minimum atomic E-state index is -4.74. The molecule has 292 valence electrons. The van der Waals surface area contributed by atoms with Crippen LogP contribution in [0.1, 0.15) is 81.7 Å². The largest absolute Gasteiger partial charge is 0.756 e. The zero-order chi connectivity index (χ0) is 39.4. The number of phosphoric acid groups is 1. The molecule has 55 heavy (non-hydrogen) atoms. The fourth-order valence-corrected chi connectivity index (χ4v) is 7.51. The predicted molar refractivity (Wildman–Crippen MR) is 191 cm³/mol. The van der Waals surface area contributed by atoms with Crippen molar-refractivity contribution in [1.29, 1.82) is 0 Å². The number of benzene rings is 2. The molecule has 3 heterocycles. The molecule has 6 atom stereocenters. The summed E-state index contributed by atoms with van der Waals surface area (Å²) in [6.45, 7) is 1.08. The van der Waals surface area contributed by atoms with Crippen LogP contribution in [0.3, 0.4) is 0 Å². The van der Waals surface area contributed by atoms with Gasteiger partial charge in [-0.3, -0.25) is 28.5 Å². The first-order valence-corrected chi connectivity index (χ1v) is 19.0. The molecule has 1 aromatic heterocycles. The molecule has 2 aliphatic heterocycles. The van der Waals surface area contributed by atoms with Gasteiger partial charge < -0.3 is 44.1 Å². The number of fused-ring (bicyclic) bond motifs is 2. The normalized spacial score (nSPS) is 22.6. The van der Waals surface area contributed by atoms with Crippen LogP contribution < -0.4 is 26.2 Å². The molecule has 0 bridgehead atoms.